The minimum Gasteiger partial charge on any atom is -0.493 e. The Labute approximate surface area is 194 Å². The number of hydrogen-bond acceptors (Lipinski definition) is 7. The van der Waals surface area contributed by atoms with Crippen molar-refractivity contribution >= 4 is 39.2 Å². The van der Waals surface area contributed by atoms with E-state index in [9.17, 15) is 9.59 Å². The Bertz CT molecular complexity index is 1170. The first-order valence-electron chi connectivity index (χ1n) is 10.7. The fraction of sp³-hybridized carbons (Fsp3) is 0.435. The monoisotopic (exact) mass is 473 g/mol. The van der Waals surface area contributed by atoms with Gasteiger partial charge in [-0.3, -0.25) is 9.59 Å². The van der Waals surface area contributed by atoms with Gasteiger partial charge in [-0.2, -0.15) is 0 Å². The second-order valence-electron chi connectivity index (χ2n) is 7.69. The molecule has 0 fully saturated rings. The highest BCUT2D eigenvalue weighted by Crippen LogP contribution is 2.33. The smallest absolute Gasteiger partial charge is 0.259 e. The molecule has 0 atom stereocenters. The highest BCUT2D eigenvalue weighted by Gasteiger charge is 2.19. The van der Waals surface area contributed by atoms with Gasteiger partial charge in [0.1, 0.15) is 10.7 Å². The molecule has 7 nitrogen and oxygen atoms in total. The highest BCUT2D eigenvalue weighted by atomic mass is 32.2. The zero-order chi connectivity index (χ0) is 22.5. The number of methoxy groups -OCH3 is 2. The zero-order valence-electron chi connectivity index (χ0n) is 18.3. The van der Waals surface area contributed by atoms with E-state index >= 15 is 0 Å². The van der Waals surface area contributed by atoms with E-state index in [2.05, 4.69) is 15.3 Å². The van der Waals surface area contributed by atoms with E-state index in [-0.39, 0.29) is 11.5 Å². The third-order valence-corrected chi connectivity index (χ3v) is 7.66. The normalized spacial score (nSPS) is 13.1. The first kappa shape index (κ1) is 22.7. The standard InChI is InChI=1S/C23H27N3O4S2/c1-29-16-8-7-14(11-17(16)30-2)9-10-24-20(27)13-31-12-19-25-22(28)21-15-5-3-4-6-18(15)32-23(21)26-19/h7-8,11H,3-6,9-10,12-13H2,1-2H3,(H,24,27)(H,25,26,28). The number of aromatic nitrogens is 2. The number of rotatable bonds is 9. The maximum absolute atomic E-state index is 12.6. The quantitative estimate of drug-likeness (QED) is 0.494. The summed E-state index contributed by atoms with van der Waals surface area (Å²) >= 11 is 3.09. The molecule has 170 valence electrons. The molecular formula is C23H27N3O4S2. The number of benzene rings is 1. The number of aryl methyl sites for hydroxylation is 2. The zero-order valence-corrected chi connectivity index (χ0v) is 19.9. The van der Waals surface area contributed by atoms with E-state index < -0.39 is 0 Å². The molecule has 0 spiro atoms. The number of carbonyl (C=O) groups excluding carboxylic acids is 1. The summed E-state index contributed by atoms with van der Waals surface area (Å²) in [7, 11) is 3.21. The summed E-state index contributed by atoms with van der Waals surface area (Å²) in [4.78, 5) is 34.5. The summed E-state index contributed by atoms with van der Waals surface area (Å²) < 4.78 is 10.6. The van der Waals surface area contributed by atoms with E-state index in [1.165, 1.54) is 28.6 Å². The van der Waals surface area contributed by atoms with E-state index in [4.69, 9.17) is 9.47 Å². The maximum Gasteiger partial charge on any atom is 0.259 e. The molecule has 2 aromatic heterocycles. The Balaban J connectivity index is 1.26. The van der Waals surface area contributed by atoms with Crippen molar-refractivity contribution in [2.45, 2.75) is 37.9 Å². The maximum atomic E-state index is 12.6. The van der Waals surface area contributed by atoms with Gasteiger partial charge in [0, 0.05) is 11.4 Å². The summed E-state index contributed by atoms with van der Waals surface area (Å²) in [6.45, 7) is 0.538. The fourth-order valence-electron chi connectivity index (χ4n) is 3.95. The minimum absolute atomic E-state index is 0.0366. The molecule has 1 aliphatic carbocycles. The average molecular weight is 474 g/mol. The van der Waals surface area contributed by atoms with E-state index in [0.717, 1.165) is 35.0 Å². The third kappa shape index (κ3) is 5.10. The number of nitrogens with one attached hydrogen (secondary N) is 2. The van der Waals surface area contributed by atoms with Crippen molar-refractivity contribution in [3.63, 3.8) is 0 Å². The predicted octanol–water partition coefficient (Wildman–Crippen LogP) is 3.47. The van der Waals surface area contributed by atoms with Crippen LogP contribution in [0, 0.1) is 0 Å². The van der Waals surface area contributed by atoms with Gasteiger partial charge >= 0.3 is 0 Å². The van der Waals surface area contributed by atoms with Crippen LogP contribution in [0.2, 0.25) is 0 Å². The number of amides is 1. The Hall–Kier alpha value is -2.52. The van der Waals surface area contributed by atoms with Gasteiger partial charge in [0.15, 0.2) is 11.5 Å². The molecule has 32 heavy (non-hydrogen) atoms. The molecule has 0 radical (unpaired) electrons. The lowest BCUT2D eigenvalue weighted by Gasteiger charge is -2.10. The Morgan fingerprint density at radius 2 is 2.03 bits per heavy atom. The van der Waals surface area contributed by atoms with Crippen LogP contribution in [0.5, 0.6) is 11.5 Å². The second-order valence-corrected chi connectivity index (χ2v) is 9.75. The molecule has 1 aromatic carbocycles. The molecular weight excluding hydrogens is 446 g/mol. The van der Waals surface area contributed by atoms with Gasteiger partial charge in [0.25, 0.3) is 5.56 Å². The largest absolute Gasteiger partial charge is 0.493 e. The lowest BCUT2D eigenvalue weighted by molar-refractivity contribution is -0.118. The molecule has 2 heterocycles. The number of ether oxygens (including phenoxy) is 2. The van der Waals surface area contributed by atoms with Crippen molar-refractivity contribution in [1.29, 1.82) is 0 Å². The van der Waals surface area contributed by atoms with Gasteiger partial charge < -0.3 is 19.8 Å². The molecule has 0 aliphatic heterocycles. The number of hydrogen-bond donors (Lipinski definition) is 2. The van der Waals surface area contributed by atoms with E-state index in [0.29, 0.717) is 41.8 Å². The molecule has 0 saturated carbocycles. The van der Waals surface area contributed by atoms with Gasteiger partial charge in [-0.1, -0.05) is 6.07 Å². The van der Waals surface area contributed by atoms with Crippen molar-refractivity contribution < 1.29 is 14.3 Å². The van der Waals surface area contributed by atoms with Crippen LogP contribution in [0.3, 0.4) is 0 Å². The number of fused-ring (bicyclic) bond motifs is 3. The molecule has 2 N–H and O–H groups in total. The van der Waals surface area contributed by atoms with Crippen molar-refractivity contribution in [1.82, 2.24) is 15.3 Å². The predicted molar refractivity (Wildman–Crippen MR) is 129 cm³/mol. The van der Waals surface area contributed by atoms with Crippen LogP contribution in [0.15, 0.2) is 23.0 Å². The van der Waals surface area contributed by atoms with Crippen LogP contribution in [0.25, 0.3) is 10.2 Å². The summed E-state index contributed by atoms with van der Waals surface area (Å²) in [6, 6.07) is 5.74. The number of carbonyl (C=O) groups is 1. The summed E-state index contributed by atoms with van der Waals surface area (Å²) in [5.41, 5.74) is 2.20. The molecule has 0 saturated heterocycles. The summed E-state index contributed by atoms with van der Waals surface area (Å²) in [6.07, 6.45) is 5.03. The molecule has 0 unspecified atom stereocenters. The van der Waals surface area contributed by atoms with Crippen LogP contribution in [0.1, 0.15) is 34.7 Å². The first-order chi connectivity index (χ1) is 15.6. The Morgan fingerprint density at radius 1 is 1.22 bits per heavy atom. The molecule has 1 aliphatic rings. The van der Waals surface area contributed by atoms with Gasteiger partial charge in [-0.25, -0.2) is 4.98 Å². The van der Waals surface area contributed by atoms with Crippen LogP contribution in [0.4, 0.5) is 0 Å². The molecule has 1 amide bonds. The number of nitrogens with zero attached hydrogens (tertiary/aromatic N) is 1. The van der Waals surface area contributed by atoms with Crippen molar-refractivity contribution in [2.75, 3.05) is 26.5 Å². The number of H-pyrrole nitrogens is 1. The summed E-state index contributed by atoms with van der Waals surface area (Å²) in [5, 5.41) is 3.71. The fourth-order valence-corrected chi connectivity index (χ4v) is 5.95. The third-order valence-electron chi connectivity index (χ3n) is 5.53. The van der Waals surface area contributed by atoms with Crippen molar-refractivity contribution in [3.8, 4) is 11.5 Å². The number of thiophene rings is 1. The van der Waals surface area contributed by atoms with E-state index in [1.54, 1.807) is 25.6 Å². The lowest BCUT2D eigenvalue weighted by Crippen LogP contribution is -2.27. The Morgan fingerprint density at radius 3 is 2.84 bits per heavy atom. The lowest BCUT2D eigenvalue weighted by atomic mass is 9.97. The molecule has 4 rings (SSSR count). The molecule has 3 aromatic rings. The van der Waals surface area contributed by atoms with E-state index in [1.807, 2.05) is 18.2 Å². The van der Waals surface area contributed by atoms with Gasteiger partial charge in [-0.05, 0) is 55.4 Å². The van der Waals surface area contributed by atoms with Crippen LogP contribution in [-0.4, -0.2) is 42.4 Å². The first-order valence-corrected chi connectivity index (χ1v) is 12.6. The minimum atomic E-state index is -0.0515. The van der Waals surface area contributed by atoms with Crippen molar-refractivity contribution in [3.05, 3.63) is 50.4 Å². The average Bonchev–Trinajstić information content (AvgIpc) is 3.18. The molecule has 9 heteroatoms. The van der Waals surface area contributed by atoms with Crippen molar-refractivity contribution in [2.24, 2.45) is 0 Å². The number of aromatic amines is 1. The number of thioether (sulfide) groups is 1. The SMILES string of the molecule is COc1ccc(CCNC(=O)CSCc2nc3sc4c(c3c(=O)[nH]2)CCCC4)cc1OC. The Kier molecular flexibility index (Phi) is 7.36. The summed E-state index contributed by atoms with van der Waals surface area (Å²) in [5.74, 6) is 2.77. The van der Waals surface area contributed by atoms with Gasteiger partial charge in [0.05, 0.1) is 31.1 Å². The van der Waals surface area contributed by atoms with Crippen LogP contribution in [-0.2, 0) is 29.8 Å². The van der Waals surface area contributed by atoms with Gasteiger partial charge in [-0.15, -0.1) is 23.1 Å². The second kappa shape index (κ2) is 10.4. The topological polar surface area (TPSA) is 93.3 Å². The highest BCUT2D eigenvalue weighted by molar-refractivity contribution is 7.99. The van der Waals surface area contributed by atoms with Gasteiger partial charge in [0.2, 0.25) is 5.91 Å². The van der Waals surface area contributed by atoms with Crippen LogP contribution < -0.4 is 20.3 Å². The van der Waals surface area contributed by atoms with Crippen LogP contribution >= 0.6 is 23.1 Å². The molecule has 0 bridgehead atoms.